The van der Waals surface area contributed by atoms with Gasteiger partial charge in [0.2, 0.25) is 0 Å². The van der Waals surface area contributed by atoms with Gasteiger partial charge in [0.25, 0.3) is 0 Å². The predicted octanol–water partition coefficient (Wildman–Crippen LogP) is 0.438. The molecule has 0 saturated heterocycles. The van der Waals surface area contributed by atoms with E-state index in [-0.39, 0.29) is 5.41 Å². The smallest absolute Gasteiger partial charge is 0.138 e. The highest BCUT2D eigenvalue weighted by Crippen LogP contribution is 2.24. The van der Waals surface area contributed by atoms with E-state index in [9.17, 15) is 0 Å². The molecule has 0 amide bonds. The third-order valence-electron chi connectivity index (χ3n) is 2.23. The topological polar surface area (TPSA) is 69.6 Å². The van der Waals surface area contributed by atoms with Crippen molar-refractivity contribution in [1.29, 1.82) is 0 Å². The summed E-state index contributed by atoms with van der Waals surface area (Å²) in [5.41, 5.74) is 5.79. The van der Waals surface area contributed by atoms with Crippen LogP contribution in [0.3, 0.4) is 0 Å². The van der Waals surface area contributed by atoms with Crippen molar-refractivity contribution < 1.29 is 0 Å². The van der Waals surface area contributed by atoms with Gasteiger partial charge in [0.15, 0.2) is 0 Å². The van der Waals surface area contributed by atoms with E-state index in [0.29, 0.717) is 0 Å². The first-order chi connectivity index (χ1) is 6.14. The summed E-state index contributed by atoms with van der Waals surface area (Å²) in [6.07, 6.45) is 3.73. The van der Waals surface area contributed by atoms with Crippen LogP contribution >= 0.6 is 0 Å². The van der Waals surface area contributed by atoms with Crippen LogP contribution < -0.4 is 5.73 Å². The maximum atomic E-state index is 5.52. The minimum absolute atomic E-state index is 0.278. The molecule has 5 heteroatoms. The van der Waals surface area contributed by atoms with Crippen LogP contribution in [0.1, 0.15) is 26.7 Å². The first kappa shape index (κ1) is 10.1. The third-order valence-corrected chi connectivity index (χ3v) is 2.23. The van der Waals surface area contributed by atoms with E-state index in [1.54, 1.807) is 11.0 Å². The van der Waals surface area contributed by atoms with Crippen LogP contribution in [0.25, 0.3) is 0 Å². The van der Waals surface area contributed by atoms with Crippen molar-refractivity contribution in [2.75, 3.05) is 6.54 Å². The fourth-order valence-corrected chi connectivity index (χ4v) is 1.22. The molecule has 0 aliphatic heterocycles. The lowest BCUT2D eigenvalue weighted by atomic mass is 9.86. The standard InChI is InChI=1S/C8H17N5/c1-8(2,3-5-9)4-6-13-7-10-11-12-13/h7H,3-6,9H2,1-2H3. The lowest BCUT2D eigenvalue weighted by molar-refractivity contribution is 0.286. The maximum absolute atomic E-state index is 5.52. The summed E-state index contributed by atoms with van der Waals surface area (Å²) in [4.78, 5) is 0. The summed E-state index contributed by atoms with van der Waals surface area (Å²) in [5.74, 6) is 0. The Morgan fingerprint density at radius 1 is 1.38 bits per heavy atom. The van der Waals surface area contributed by atoms with Gasteiger partial charge in [0.05, 0.1) is 0 Å². The molecule has 0 aliphatic carbocycles. The van der Waals surface area contributed by atoms with E-state index >= 15 is 0 Å². The molecule has 0 unspecified atom stereocenters. The molecular formula is C8H17N5. The Labute approximate surface area is 78.3 Å². The third kappa shape index (κ3) is 3.50. The summed E-state index contributed by atoms with van der Waals surface area (Å²) in [6.45, 7) is 6.02. The summed E-state index contributed by atoms with van der Waals surface area (Å²) < 4.78 is 1.75. The van der Waals surface area contributed by atoms with E-state index in [1.807, 2.05) is 0 Å². The summed E-state index contributed by atoms with van der Waals surface area (Å²) in [7, 11) is 0. The van der Waals surface area contributed by atoms with Crippen LogP contribution in [0, 0.1) is 5.41 Å². The number of hydrogen-bond donors (Lipinski definition) is 1. The Hall–Kier alpha value is -0.970. The molecule has 0 atom stereocenters. The number of nitrogens with zero attached hydrogens (tertiary/aromatic N) is 4. The quantitative estimate of drug-likeness (QED) is 0.719. The van der Waals surface area contributed by atoms with Crippen LogP contribution in [0.4, 0.5) is 0 Å². The van der Waals surface area contributed by atoms with Gasteiger partial charge in [-0.1, -0.05) is 13.8 Å². The molecule has 1 aromatic rings. The van der Waals surface area contributed by atoms with E-state index in [2.05, 4.69) is 29.4 Å². The van der Waals surface area contributed by atoms with Gasteiger partial charge in [0.1, 0.15) is 6.33 Å². The largest absolute Gasteiger partial charge is 0.330 e. The lowest BCUT2D eigenvalue weighted by Crippen LogP contribution is -2.19. The minimum atomic E-state index is 0.278. The molecule has 0 aliphatic rings. The molecule has 74 valence electrons. The number of rotatable bonds is 5. The molecule has 0 radical (unpaired) electrons. The second-order valence-electron chi connectivity index (χ2n) is 4.03. The van der Waals surface area contributed by atoms with Crippen molar-refractivity contribution in [1.82, 2.24) is 20.2 Å². The number of tetrazole rings is 1. The van der Waals surface area contributed by atoms with E-state index in [0.717, 1.165) is 25.9 Å². The van der Waals surface area contributed by atoms with Gasteiger partial charge in [-0.15, -0.1) is 5.10 Å². The molecule has 0 bridgehead atoms. The van der Waals surface area contributed by atoms with Crippen molar-refractivity contribution in [2.24, 2.45) is 11.1 Å². The molecule has 0 aromatic carbocycles. The molecule has 2 N–H and O–H groups in total. The van der Waals surface area contributed by atoms with Crippen molar-refractivity contribution in [3.05, 3.63) is 6.33 Å². The highest BCUT2D eigenvalue weighted by molar-refractivity contribution is 4.68. The zero-order valence-corrected chi connectivity index (χ0v) is 8.27. The molecule has 0 fully saturated rings. The summed E-state index contributed by atoms with van der Waals surface area (Å²) >= 11 is 0. The van der Waals surface area contributed by atoms with Gasteiger partial charge < -0.3 is 5.73 Å². The first-order valence-electron chi connectivity index (χ1n) is 4.55. The zero-order chi connectivity index (χ0) is 9.73. The highest BCUT2D eigenvalue weighted by atomic mass is 15.5. The molecular weight excluding hydrogens is 166 g/mol. The fourth-order valence-electron chi connectivity index (χ4n) is 1.22. The van der Waals surface area contributed by atoms with Crippen molar-refractivity contribution in [3.63, 3.8) is 0 Å². The van der Waals surface area contributed by atoms with Crippen LogP contribution in [0.15, 0.2) is 6.33 Å². The maximum Gasteiger partial charge on any atom is 0.138 e. The Morgan fingerprint density at radius 2 is 2.15 bits per heavy atom. The molecule has 1 rings (SSSR count). The monoisotopic (exact) mass is 183 g/mol. The number of nitrogens with two attached hydrogens (primary N) is 1. The number of aryl methyl sites for hydroxylation is 1. The van der Waals surface area contributed by atoms with Gasteiger partial charge in [-0.3, -0.25) is 0 Å². The molecule has 1 aromatic heterocycles. The van der Waals surface area contributed by atoms with Gasteiger partial charge >= 0.3 is 0 Å². The SMILES string of the molecule is CC(C)(CCN)CCn1cnnn1. The Bertz CT molecular complexity index is 229. The average molecular weight is 183 g/mol. The summed E-state index contributed by atoms with van der Waals surface area (Å²) in [6, 6.07) is 0. The van der Waals surface area contributed by atoms with Gasteiger partial charge in [-0.05, 0) is 35.2 Å². The molecule has 0 saturated carbocycles. The van der Waals surface area contributed by atoms with Gasteiger partial charge in [0, 0.05) is 6.54 Å². The molecule has 1 heterocycles. The normalized spacial score (nSPS) is 11.9. The molecule has 0 spiro atoms. The van der Waals surface area contributed by atoms with Crippen LogP contribution in [0.5, 0.6) is 0 Å². The Balaban J connectivity index is 2.33. The van der Waals surface area contributed by atoms with Gasteiger partial charge in [-0.25, -0.2) is 4.68 Å². The number of hydrogen-bond acceptors (Lipinski definition) is 4. The minimum Gasteiger partial charge on any atom is -0.330 e. The van der Waals surface area contributed by atoms with E-state index in [4.69, 9.17) is 5.73 Å². The molecule has 5 nitrogen and oxygen atoms in total. The van der Waals surface area contributed by atoms with Gasteiger partial charge in [-0.2, -0.15) is 0 Å². The van der Waals surface area contributed by atoms with E-state index < -0.39 is 0 Å². The zero-order valence-electron chi connectivity index (χ0n) is 8.27. The highest BCUT2D eigenvalue weighted by Gasteiger charge is 2.16. The van der Waals surface area contributed by atoms with Crippen LogP contribution in [-0.2, 0) is 6.54 Å². The Morgan fingerprint density at radius 3 is 2.69 bits per heavy atom. The second kappa shape index (κ2) is 4.32. The summed E-state index contributed by atoms with van der Waals surface area (Å²) in [5, 5.41) is 11.0. The van der Waals surface area contributed by atoms with Crippen LogP contribution in [-0.4, -0.2) is 26.8 Å². The van der Waals surface area contributed by atoms with Crippen LogP contribution in [0.2, 0.25) is 0 Å². The first-order valence-corrected chi connectivity index (χ1v) is 4.55. The van der Waals surface area contributed by atoms with Crippen molar-refractivity contribution >= 4 is 0 Å². The van der Waals surface area contributed by atoms with E-state index in [1.165, 1.54) is 0 Å². The second-order valence-corrected chi connectivity index (χ2v) is 4.03. The molecule has 13 heavy (non-hydrogen) atoms. The fraction of sp³-hybridized carbons (Fsp3) is 0.875. The lowest BCUT2D eigenvalue weighted by Gasteiger charge is -2.23. The van der Waals surface area contributed by atoms with Crippen molar-refractivity contribution in [3.8, 4) is 0 Å². The number of aromatic nitrogens is 4. The predicted molar refractivity (Wildman–Crippen MR) is 49.9 cm³/mol. The average Bonchev–Trinajstić information content (AvgIpc) is 2.52. The Kier molecular flexibility index (Phi) is 3.36. The van der Waals surface area contributed by atoms with Crippen molar-refractivity contribution in [2.45, 2.75) is 33.2 Å².